The molecule has 0 bridgehead atoms. The van der Waals surface area contributed by atoms with Crippen LogP contribution in [0.4, 0.5) is 0 Å². The first-order valence-corrected chi connectivity index (χ1v) is 9.32. The van der Waals surface area contributed by atoms with Gasteiger partial charge in [-0.2, -0.15) is 5.26 Å². The van der Waals surface area contributed by atoms with Gasteiger partial charge >= 0.3 is 0 Å². The Balaban J connectivity index is 2.15. The summed E-state index contributed by atoms with van der Waals surface area (Å²) in [5, 5.41) is 10.9. The fraction of sp³-hybridized carbons (Fsp3) is 0.167. The second kappa shape index (κ2) is 7.92. The van der Waals surface area contributed by atoms with Gasteiger partial charge < -0.3 is 0 Å². The molecule has 0 N–H and O–H groups in total. The van der Waals surface area contributed by atoms with E-state index in [1.54, 1.807) is 47.0 Å². The molecule has 1 aromatic heterocycles. The largest absolute Gasteiger partial charge is 0.268 e. The van der Waals surface area contributed by atoms with Crippen molar-refractivity contribution >= 4 is 45.9 Å². The molecule has 126 valence electrons. The number of hydrogen-bond donors (Lipinski definition) is 0. The summed E-state index contributed by atoms with van der Waals surface area (Å²) in [7, 11) is 0. The van der Waals surface area contributed by atoms with Crippen LogP contribution in [-0.2, 0) is 0 Å². The van der Waals surface area contributed by atoms with Crippen LogP contribution in [0.2, 0.25) is 10.0 Å². The lowest BCUT2D eigenvalue weighted by molar-refractivity contribution is 0.817. The van der Waals surface area contributed by atoms with E-state index in [-0.39, 0.29) is 5.56 Å². The van der Waals surface area contributed by atoms with E-state index < -0.39 is 0 Å². The molecular weight excluding hydrogens is 377 g/mol. The fourth-order valence-electron chi connectivity index (χ4n) is 2.37. The standard InChI is InChI=1S/C18H13Cl2N3OS/c19-12-3-6-14(7-4-12)23-17(24)15-8-5-13(20)11-16(15)22-18(23)25-10-2-1-9-21/h3-8,11H,1-2,10H2. The summed E-state index contributed by atoms with van der Waals surface area (Å²) >= 11 is 13.4. The quantitative estimate of drug-likeness (QED) is 0.346. The molecule has 0 aliphatic heterocycles. The molecule has 0 saturated heterocycles. The van der Waals surface area contributed by atoms with E-state index in [0.717, 1.165) is 6.42 Å². The van der Waals surface area contributed by atoms with Gasteiger partial charge in [-0.25, -0.2) is 4.98 Å². The molecule has 0 spiro atoms. The highest BCUT2D eigenvalue weighted by atomic mass is 35.5. The Morgan fingerprint density at radius 1 is 1.12 bits per heavy atom. The van der Waals surface area contributed by atoms with Gasteiger partial charge in [-0.05, 0) is 48.9 Å². The average molecular weight is 390 g/mol. The highest BCUT2D eigenvalue weighted by molar-refractivity contribution is 7.99. The summed E-state index contributed by atoms with van der Waals surface area (Å²) in [6, 6.07) is 14.2. The second-order valence-corrected chi connectivity index (χ2v) is 7.22. The molecular formula is C18H13Cl2N3OS. The maximum atomic E-state index is 13.0. The third-order valence-corrected chi connectivity index (χ3v) is 5.06. The summed E-state index contributed by atoms with van der Waals surface area (Å²) in [5.74, 6) is 0.694. The highest BCUT2D eigenvalue weighted by Gasteiger charge is 2.13. The monoisotopic (exact) mass is 389 g/mol. The molecule has 0 aliphatic carbocycles. The highest BCUT2D eigenvalue weighted by Crippen LogP contribution is 2.24. The zero-order valence-corrected chi connectivity index (χ0v) is 15.4. The van der Waals surface area contributed by atoms with Crippen LogP contribution in [0.3, 0.4) is 0 Å². The van der Waals surface area contributed by atoms with E-state index in [1.165, 1.54) is 11.8 Å². The van der Waals surface area contributed by atoms with Crippen molar-refractivity contribution < 1.29 is 0 Å². The minimum absolute atomic E-state index is 0.160. The molecule has 25 heavy (non-hydrogen) atoms. The van der Waals surface area contributed by atoms with Crippen LogP contribution in [0.15, 0.2) is 52.4 Å². The Bertz CT molecular complexity index is 1010. The van der Waals surface area contributed by atoms with Gasteiger partial charge in [0, 0.05) is 22.2 Å². The summed E-state index contributed by atoms with van der Waals surface area (Å²) < 4.78 is 1.57. The summed E-state index contributed by atoms with van der Waals surface area (Å²) in [6.07, 6.45) is 1.20. The Hall–Kier alpha value is -2.00. The number of rotatable bonds is 5. The van der Waals surface area contributed by atoms with E-state index in [2.05, 4.69) is 11.1 Å². The summed E-state index contributed by atoms with van der Waals surface area (Å²) in [4.78, 5) is 17.6. The number of halogens is 2. The van der Waals surface area contributed by atoms with Crippen LogP contribution >= 0.6 is 35.0 Å². The maximum absolute atomic E-state index is 13.0. The van der Waals surface area contributed by atoms with Crippen LogP contribution in [0.25, 0.3) is 16.6 Å². The fourth-order valence-corrected chi connectivity index (χ4v) is 3.61. The van der Waals surface area contributed by atoms with E-state index in [4.69, 9.17) is 28.5 Å². The first kappa shape index (κ1) is 17.8. The van der Waals surface area contributed by atoms with Crippen molar-refractivity contribution in [3.63, 3.8) is 0 Å². The average Bonchev–Trinajstić information content (AvgIpc) is 2.60. The Morgan fingerprint density at radius 3 is 2.56 bits per heavy atom. The summed E-state index contributed by atoms with van der Waals surface area (Å²) in [5.41, 5.74) is 1.10. The minimum Gasteiger partial charge on any atom is -0.268 e. The molecule has 2 aromatic carbocycles. The third-order valence-electron chi connectivity index (χ3n) is 3.55. The van der Waals surface area contributed by atoms with Crippen molar-refractivity contribution in [1.82, 2.24) is 9.55 Å². The van der Waals surface area contributed by atoms with Gasteiger partial charge in [0.2, 0.25) is 0 Å². The van der Waals surface area contributed by atoms with Crippen molar-refractivity contribution in [1.29, 1.82) is 5.26 Å². The second-order valence-electron chi connectivity index (χ2n) is 5.28. The lowest BCUT2D eigenvalue weighted by Crippen LogP contribution is -2.21. The smallest absolute Gasteiger partial charge is 0.266 e. The maximum Gasteiger partial charge on any atom is 0.266 e. The number of nitriles is 1. The normalized spacial score (nSPS) is 10.8. The molecule has 7 heteroatoms. The van der Waals surface area contributed by atoms with Gasteiger partial charge in [-0.1, -0.05) is 35.0 Å². The number of aromatic nitrogens is 2. The molecule has 0 fully saturated rings. The SMILES string of the molecule is N#CCCCSc1nc2cc(Cl)ccc2c(=O)n1-c1ccc(Cl)cc1. The third kappa shape index (κ3) is 3.98. The van der Waals surface area contributed by atoms with Crippen molar-refractivity contribution in [3.05, 3.63) is 62.9 Å². The Labute approximate surface area is 159 Å². The molecule has 0 saturated carbocycles. The minimum atomic E-state index is -0.160. The van der Waals surface area contributed by atoms with Gasteiger partial charge in [-0.3, -0.25) is 9.36 Å². The lowest BCUT2D eigenvalue weighted by atomic mass is 10.2. The molecule has 0 unspecified atom stereocenters. The zero-order valence-electron chi connectivity index (χ0n) is 13.1. The van der Waals surface area contributed by atoms with Crippen LogP contribution in [0.1, 0.15) is 12.8 Å². The van der Waals surface area contributed by atoms with Gasteiger partial charge in [-0.15, -0.1) is 0 Å². The van der Waals surface area contributed by atoms with Crippen molar-refractivity contribution in [3.8, 4) is 11.8 Å². The molecule has 0 atom stereocenters. The van der Waals surface area contributed by atoms with E-state index in [0.29, 0.717) is 44.0 Å². The van der Waals surface area contributed by atoms with E-state index in [9.17, 15) is 4.79 Å². The van der Waals surface area contributed by atoms with Gasteiger partial charge in [0.05, 0.1) is 22.7 Å². The van der Waals surface area contributed by atoms with Crippen LogP contribution in [0.5, 0.6) is 0 Å². The number of fused-ring (bicyclic) bond motifs is 1. The van der Waals surface area contributed by atoms with Crippen molar-refractivity contribution in [2.24, 2.45) is 0 Å². The van der Waals surface area contributed by atoms with Crippen LogP contribution in [0, 0.1) is 11.3 Å². The molecule has 3 aromatic rings. The predicted octanol–water partition coefficient (Wildman–Crippen LogP) is 5.09. The molecule has 0 radical (unpaired) electrons. The lowest BCUT2D eigenvalue weighted by Gasteiger charge is -2.13. The van der Waals surface area contributed by atoms with Crippen molar-refractivity contribution in [2.75, 3.05) is 5.75 Å². The molecule has 3 rings (SSSR count). The van der Waals surface area contributed by atoms with Crippen molar-refractivity contribution in [2.45, 2.75) is 18.0 Å². The molecule has 0 amide bonds. The Morgan fingerprint density at radius 2 is 1.84 bits per heavy atom. The topological polar surface area (TPSA) is 58.7 Å². The molecule has 1 heterocycles. The van der Waals surface area contributed by atoms with Gasteiger partial charge in [0.1, 0.15) is 0 Å². The first-order valence-electron chi connectivity index (χ1n) is 7.58. The molecule has 4 nitrogen and oxygen atoms in total. The zero-order chi connectivity index (χ0) is 17.8. The van der Waals surface area contributed by atoms with Crippen LogP contribution < -0.4 is 5.56 Å². The van der Waals surface area contributed by atoms with Gasteiger partial charge in [0.25, 0.3) is 5.56 Å². The number of hydrogen-bond acceptors (Lipinski definition) is 4. The molecule has 0 aliphatic rings. The van der Waals surface area contributed by atoms with Crippen LogP contribution in [-0.4, -0.2) is 15.3 Å². The summed E-state index contributed by atoms with van der Waals surface area (Å²) in [6.45, 7) is 0. The number of benzene rings is 2. The number of nitrogens with zero attached hydrogens (tertiary/aromatic N) is 3. The predicted molar refractivity (Wildman–Crippen MR) is 103 cm³/mol. The van der Waals surface area contributed by atoms with Gasteiger partial charge in [0.15, 0.2) is 5.16 Å². The number of thioether (sulfide) groups is 1. The van der Waals surface area contributed by atoms with E-state index in [1.807, 2.05) is 0 Å². The number of unbranched alkanes of at least 4 members (excludes halogenated alkanes) is 1. The Kier molecular flexibility index (Phi) is 5.64. The first-order chi connectivity index (χ1) is 12.1. The van der Waals surface area contributed by atoms with E-state index >= 15 is 0 Å².